The van der Waals surface area contributed by atoms with Gasteiger partial charge in [0.25, 0.3) is 0 Å². The first-order chi connectivity index (χ1) is 14.5. The van der Waals surface area contributed by atoms with Crippen LogP contribution >= 0.6 is 0 Å². The molecule has 0 radical (unpaired) electrons. The molecule has 6 nitrogen and oxygen atoms in total. The molecule has 3 aliphatic rings. The van der Waals surface area contributed by atoms with Gasteiger partial charge in [0.1, 0.15) is 11.9 Å². The second-order valence-corrected chi connectivity index (χ2v) is 7.74. The monoisotopic (exact) mass is 403 g/mol. The van der Waals surface area contributed by atoms with E-state index in [1.807, 2.05) is 19.1 Å². The highest BCUT2D eigenvalue weighted by Crippen LogP contribution is 2.46. The van der Waals surface area contributed by atoms with Crippen molar-refractivity contribution in [2.75, 3.05) is 4.90 Å². The first-order valence-corrected chi connectivity index (χ1v) is 9.71. The Kier molecular flexibility index (Phi) is 4.13. The summed E-state index contributed by atoms with van der Waals surface area (Å²) in [6, 6.07) is 10.9. The van der Waals surface area contributed by atoms with Gasteiger partial charge < -0.3 is 0 Å². The lowest BCUT2D eigenvalue weighted by Crippen LogP contribution is -2.46. The van der Waals surface area contributed by atoms with E-state index in [1.165, 1.54) is 35.4 Å². The first-order valence-electron chi connectivity index (χ1n) is 9.71. The smallest absolute Gasteiger partial charge is 0.240 e. The van der Waals surface area contributed by atoms with Crippen molar-refractivity contribution < 1.29 is 18.8 Å². The van der Waals surface area contributed by atoms with Crippen molar-refractivity contribution in [2.45, 2.75) is 19.0 Å². The second kappa shape index (κ2) is 6.73. The molecule has 4 unspecified atom stereocenters. The third kappa shape index (κ3) is 2.62. The number of hydrogen-bond donors (Lipinski definition) is 0. The topological polar surface area (TPSA) is 70.1 Å². The number of carbonyl (C=O) groups excluding carboxylic acids is 3. The van der Waals surface area contributed by atoms with E-state index in [0.717, 1.165) is 5.56 Å². The minimum Gasteiger partial charge on any atom is -0.292 e. The van der Waals surface area contributed by atoms with Crippen LogP contribution in [-0.4, -0.2) is 40.9 Å². The molecule has 150 valence electrons. The summed E-state index contributed by atoms with van der Waals surface area (Å²) >= 11 is 0. The van der Waals surface area contributed by atoms with Crippen molar-refractivity contribution in [3.63, 3.8) is 0 Å². The van der Waals surface area contributed by atoms with Crippen LogP contribution in [0.4, 0.5) is 10.1 Å². The largest absolute Gasteiger partial charge is 0.292 e. The fourth-order valence-corrected chi connectivity index (χ4v) is 4.57. The zero-order chi connectivity index (χ0) is 21.0. The molecule has 4 atom stereocenters. The van der Waals surface area contributed by atoms with E-state index in [4.69, 9.17) is 0 Å². The number of Topliss-reactive ketones (excluding diaryl/α,β-unsaturated/α-hetero) is 1. The minimum atomic E-state index is -0.932. The van der Waals surface area contributed by atoms with Crippen LogP contribution in [0.1, 0.15) is 15.9 Å². The Labute approximate surface area is 172 Å². The predicted molar refractivity (Wildman–Crippen MR) is 108 cm³/mol. The summed E-state index contributed by atoms with van der Waals surface area (Å²) in [7, 11) is 0. The van der Waals surface area contributed by atoms with Crippen LogP contribution in [0.2, 0.25) is 0 Å². The van der Waals surface area contributed by atoms with Gasteiger partial charge in [0.2, 0.25) is 11.8 Å². The Balaban J connectivity index is 1.57. The number of amides is 2. The van der Waals surface area contributed by atoms with Gasteiger partial charge in [-0.15, -0.1) is 0 Å². The third-order valence-electron chi connectivity index (χ3n) is 5.98. The summed E-state index contributed by atoms with van der Waals surface area (Å²) in [6.07, 6.45) is 5.05. The van der Waals surface area contributed by atoms with Crippen LogP contribution in [0.25, 0.3) is 0 Å². The standard InChI is InChI=1S/C23H18FN3O3/c1-13-4-10-16(11-5-13)26-22(29)18-17-3-2-12-25-27(17)20(19(18)23(26)30)21(28)14-6-8-15(24)9-7-14/h2-12,17-20H,1H3. The average Bonchev–Trinajstić information content (AvgIpc) is 3.22. The zero-order valence-corrected chi connectivity index (χ0v) is 16.1. The van der Waals surface area contributed by atoms with Crippen molar-refractivity contribution in [1.82, 2.24) is 5.01 Å². The van der Waals surface area contributed by atoms with E-state index in [9.17, 15) is 18.8 Å². The molecule has 3 heterocycles. The average molecular weight is 403 g/mol. The molecule has 2 fully saturated rings. The van der Waals surface area contributed by atoms with E-state index in [0.29, 0.717) is 5.69 Å². The predicted octanol–water partition coefficient (Wildman–Crippen LogP) is 2.73. The quantitative estimate of drug-likeness (QED) is 0.584. The van der Waals surface area contributed by atoms with Gasteiger partial charge in [-0.2, -0.15) is 5.10 Å². The molecular weight excluding hydrogens is 385 g/mol. The van der Waals surface area contributed by atoms with Gasteiger partial charge in [0.05, 0.1) is 23.6 Å². The first kappa shape index (κ1) is 18.4. The van der Waals surface area contributed by atoms with E-state index in [2.05, 4.69) is 5.10 Å². The molecule has 0 N–H and O–H groups in total. The lowest BCUT2D eigenvalue weighted by Gasteiger charge is -2.30. The minimum absolute atomic E-state index is 0.277. The summed E-state index contributed by atoms with van der Waals surface area (Å²) < 4.78 is 13.3. The number of rotatable bonds is 3. The number of hydrogen-bond acceptors (Lipinski definition) is 5. The highest BCUT2D eigenvalue weighted by molar-refractivity contribution is 6.24. The van der Waals surface area contributed by atoms with E-state index in [1.54, 1.807) is 29.3 Å². The van der Waals surface area contributed by atoms with Gasteiger partial charge >= 0.3 is 0 Å². The number of halogens is 1. The Morgan fingerprint density at radius 2 is 1.63 bits per heavy atom. The maximum absolute atomic E-state index is 13.4. The number of ketones is 1. The third-order valence-corrected chi connectivity index (χ3v) is 5.98. The van der Waals surface area contributed by atoms with Crippen molar-refractivity contribution >= 4 is 29.5 Å². The van der Waals surface area contributed by atoms with Gasteiger partial charge in [-0.3, -0.25) is 19.4 Å². The number of allylic oxidation sites excluding steroid dienone is 1. The molecule has 0 aliphatic carbocycles. The summed E-state index contributed by atoms with van der Waals surface area (Å²) in [5, 5.41) is 5.85. The summed E-state index contributed by atoms with van der Waals surface area (Å²) in [5.41, 5.74) is 1.78. The maximum Gasteiger partial charge on any atom is 0.240 e. The van der Waals surface area contributed by atoms with Crippen LogP contribution in [-0.2, 0) is 9.59 Å². The van der Waals surface area contributed by atoms with Crippen molar-refractivity contribution in [1.29, 1.82) is 0 Å². The number of carbonyl (C=O) groups is 3. The zero-order valence-electron chi connectivity index (χ0n) is 16.1. The molecule has 5 rings (SSSR count). The van der Waals surface area contributed by atoms with Gasteiger partial charge in [-0.05, 0) is 49.4 Å². The lowest BCUT2D eigenvalue weighted by atomic mass is 9.86. The number of hydrazone groups is 1. The number of nitrogens with zero attached hydrogens (tertiary/aromatic N) is 3. The van der Waals surface area contributed by atoms with Gasteiger partial charge in [-0.25, -0.2) is 9.29 Å². The van der Waals surface area contributed by atoms with E-state index < -0.39 is 35.6 Å². The Bertz CT molecular complexity index is 1110. The molecule has 0 bridgehead atoms. The highest BCUT2D eigenvalue weighted by Gasteiger charge is 2.64. The van der Waals surface area contributed by atoms with Crippen LogP contribution in [0.3, 0.4) is 0 Å². The van der Waals surface area contributed by atoms with Crippen molar-refractivity contribution in [3.8, 4) is 0 Å². The van der Waals surface area contributed by atoms with Gasteiger partial charge in [0, 0.05) is 11.8 Å². The molecule has 2 saturated heterocycles. The molecule has 0 spiro atoms. The molecule has 0 saturated carbocycles. The van der Waals surface area contributed by atoms with Crippen molar-refractivity contribution in [2.24, 2.45) is 16.9 Å². The Morgan fingerprint density at radius 3 is 2.33 bits per heavy atom. The van der Waals surface area contributed by atoms with Gasteiger partial charge in [-0.1, -0.05) is 23.8 Å². The molecule has 0 aromatic heterocycles. The summed E-state index contributed by atoms with van der Waals surface area (Å²) in [5.74, 6) is -3.12. The van der Waals surface area contributed by atoms with Crippen LogP contribution in [0.15, 0.2) is 65.8 Å². The lowest BCUT2D eigenvalue weighted by molar-refractivity contribution is -0.123. The van der Waals surface area contributed by atoms with E-state index in [-0.39, 0.29) is 17.3 Å². The number of anilines is 1. The molecular formula is C23H18FN3O3. The molecule has 2 aromatic rings. The SMILES string of the molecule is Cc1ccc(N2C(=O)C3C(C2=O)C(C(=O)c2ccc(F)cc2)N2N=CC=CC32)cc1. The molecule has 30 heavy (non-hydrogen) atoms. The fourth-order valence-electron chi connectivity index (χ4n) is 4.57. The number of benzene rings is 2. The normalized spacial score (nSPS) is 26.9. The maximum atomic E-state index is 13.4. The van der Waals surface area contributed by atoms with Crippen LogP contribution in [0, 0.1) is 24.6 Å². The molecule has 2 amide bonds. The number of fused-ring (bicyclic) bond motifs is 3. The molecule has 2 aromatic carbocycles. The summed E-state index contributed by atoms with van der Waals surface area (Å²) in [4.78, 5) is 41.3. The number of aryl methyl sites for hydroxylation is 1. The van der Waals surface area contributed by atoms with Crippen LogP contribution in [0.5, 0.6) is 0 Å². The summed E-state index contributed by atoms with van der Waals surface area (Å²) in [6.45, 7) is 1.92. The van der Waals surface area contributed by atoms with E-state index >= 15 is 0 Å². The Morgan fingerprint density at radius 1 is 0.967 bits per heavy atom. The number of imide groups is 1. The fraction of sp³-hybridized carbons (Fsp3) is 0.217. The Hall–Kier alpha value is -3.61. The van der Waals surface area contributed by atoms with Crippen molar-refractivity contribution in [3.05, 3.63) is 77.6 Å². The van der Waals surface area contributed by atoms with Gasteiger partial charge in [0.15, 0.2) is 5.78 Å². The molecule has 7 heteroatoms. The second-order valence-electron chi connectivity index (χ2n) is 7.74. The molecule has 3 aliphatic heterocycles. The highest BCUT2D eigenvalue weighted by atomic mass is 19.1. The van der Waals surface area contributed by atoms with Crippen LogP contribution < -0.4 is 4.90 Å².